The number of halogens is 1. The lowest BCUT2D eigenvalue weighted by molar-refractivity contribution is 0.0564. The fourth-order valence-electron chi connectivity index (χ4n) is 3.04. The van der Waals surface area contributed by atoms with Gasteiger partial charge in [0.25, 0.3) is 5.91 Å². The number of hydrogen-bond acceptors (Lipinski definition) is 3. The zero-order valence-corrected chi connectivity index (χ0v) is 13.0. The summed E-state index contributed by atoms with van der Waals surface area (Å²) in [5.74, 6) is 0.0575. The summed E-state index contributed by atoms with van der Waals surface area (Å²) in [5, 5.41) is 4.34. The van der Waals surface area contributed by atoms with Crippen molar-refractivity contribution in [2.24, 2.45) is 7.05 Å². The Kier molecular flexibility index (Phi) is 3.39. The Hall–Kier alpha value is -0.880. The molecule has 0 N–H and O–H groups in total. The molecule has 3 rings (SSSR count). The largest absolute Gasteiger partial charge is 0.334 e. The van der Waals surface area contributed by atoms with Gasteiger partial charge in [0, 0.05) is 32.7 Å². The van der Waals surface area contributed by atoms with E-state index in [-0.39, 0.29) is 5.91 Å². The zero-order valence-electron chi connectivity index (χ0n) is 11.4. The second kappa shape index (κ2) is 4.90. The fourth-order valence-corrected chi connectivity index (χ4v) is 3.55. The minimum Gasteiger partial charge on any atom is -0.334 e. The van der Waals surface area contributed by atoms with Gasteiger partial charge < -0.3 is 4.90 Å². The van der Waals surface area contributed by atoms with Crippen molar-refractivity contribution in [3.05, 3.63) is 15.9 Å². The van der Waals surface area contributed by atoms with Crippen LogP contribution in [-0.2, 0) is 7.05 Å². The standard InChI is InChI=1S/C13H19BrN4O/c1-9-11(14)12(15-16(9)2)13(19)18-7-6-17-5-3-4-10(17)8-18/h10H,3-8H2,1-2H3/t10-/m0/s1. The minimum absolute atomic E-state index is 0.0575. The van der Waals surface area contributed by atoms with Crippen molar-refractivity contribution in [1.29, 1.82) is 0 Å². The maximum atomic E-state index is 12.6. The van der Waals surface area contributed by atoms with Crippen molar-refractivity contribution in [3.63, 3.8) is 0 Å². The van der Waals surface area contributed by atoms with Crippen LogP contribution in [0.15, 0.2) is 4.47 Å². The molecule has 2 fully saturated rings. The third kappa shape index (κ3) is 2.21. The van der Waals surface area contributed by atoms with E-state index < -0.39 is 0 Å². The molecule has 0 spiro atoms. The van der Waals surface area contributed by atoms with Crippen LogP contribution < -0.4 is 0 Å². The van der Waals surface area contributed by atoms with Gasteiger partial charge in [0.2, 0.25) is 0 Å². The number of aromatic nitrogens is 2. The molecule has 19 heavy (non-hydrogen) atoms. The molecule has 2 aliphatic heterocycles. The Morgan fingerprint density at radius 2 is 2.16 bits per heavy atom. The SMILES string of the molecule is Cc1c(Br)c(C(=O)N2CCN3CCC[C@H]3C2)nn1C. The second-order valence-electron chi connectivity index (χ2n) is 5.45. The Morgan fingerprint density at radius 3 is 2.84 bits per heavy atom. The van der Waals surface area contributed by atoms with Gasteiger partial charge in [-0.2, -0.15) is 5.10 Å². The third-order valence-electron chi connectivity index (χ3n) is 4.34. The molecular formula is C13H19BrN4O. The summed E-state index contributed by atoms with van der Waals surface area (Å²) in [5.41, 5.74) is 1.54. The maximum absolute atomic E-state index is 12.6. The fraction of sp³-hybridized carbons (Fsp3) is 0.692. The first-order chi connectivity index (χ1) is 9.08. The van der Waals surface area contributed by atoms with Crippen LogP contribution in [0.5, 0.6) is 0 Å². The quantitative estimate of drug-likeness (QED) is 0.783. The molecule has 1 atom stereocenters. The van der Waals surface area contributed by atoms with Crippen LogP contribution in [0.3, 0.4) is 0 Å². The van der Waals surface area contributed by atoms with Gasteiger partial charge in [0.1, 0.15) is 0 Å². The van der Waals surface area contributed by atoms with E-state index in [0.29, 0.717) is 11.7 Å². The molecule has 1 aromatic rings. The molecule has 3 heterocycles. The molecule has 0 radical (unpaired) electrons. The summed E-state index contributed by atoms with van der Waals surface area (Å²) in [7, 11) is 1.87. The first-order valence-corrected chi connectivity index (χ1v) is 7.59. The highest BCUT2D eigenvalue weighted by Gasteiger charge is 2.34. The number of hydrogen-bond donors (Lipinski definition) is 0. The molecule has 5 nitrogen and oxygen atoms in total. The average Bonchev–Trinajstić information content (AvgIpc) is 2.97. The van der Waals surface area contributed by atoms with Gasteiger partial charge >= 0.3 is 0 Å². The van der Waals surface area contributed by atoms with E-state index in [1.54, 1.807) is 4.68 Å². The molecule has 0 aromatic carbocycles. The first-order valence-electron chi connectivity index (χ1n) is 6.80. The van der Waals surface area contributed by atoms with Gasteiger partial charge in [0.15, 0.2) is 5.69 Å². The molecule has 0 saturated carbocycles. The zero-order chi connectivity index (χ0) is 13.6. The molecule has 1 aromatic heterocycles. The van der Waals surface area contributed by atoms with Crippen LogP contribution in [0.2, 0.25) is 0 Å². The Bertz CT molecular complexity index is 513. The minimum atomic E-state index is 0.0575. The molecule has 0 aliphatic carbocycles. The number of aryl methyl sites for hydroxylation is 1. The van der Waals surface area contributed by atoms with Gasteiger partial charge in [0.05, 0.1) is 10.2 Å². The van der Waals surface area contributed by atoms with Crippen molar-refractivity contribution < 1.29 is 4.79 Å². The van der Waals surface area contributed by atoms with Crippen LogP contribution >= 0.6 is 15.9 Å². The molecule has 2 aliphatic rings. The van der Waals surface area contributed by atoms with Crippen molar-refractivity contribution in [2.75, 3.05) is 26.2 Å². The summed E-state index contributed by atoms with van der Waals surface area (Å²) in [6, 6.07) is 0.557. The number of nitrogens with zero attached hydrogens (tertiary/aromatic N) is 4. The number of carbonyl (C=O) groups excluding carboxylic acids is 1. The molecule has 0 bridgehead atoms. The smallest absolute Gasteiger partial charge is 0.275 e. The summed E-state index contributed by atoms with van der Waals surface area (Å²) in [6.07, 6.45) is 2.48. The predicted octanol–water partition coefficient (Wildman–Crippen LogP) is 1.41. The maximum Gasteiger partial charge on any atom is 0.275 e. The average molecular weight is 327 g/mol. The Labute approximate surface area is 121 Å². The molecule has 104 valence electrons. The lowest BCUT2D eigenvalue weighted by atomic mass is 10.1. The number of fused-ring (bicyclic) bond motifs is 1. The number of carbonyl (C=O) groups is 1. The van der Waals surface area contributed by atoms with Crippen LogP contribution in [0.4, 0.5) is 0 Å². The van der Waals surface area contributed by atoms with E-state index >= 15 is 0 Å². The van der Waals surface area contributed by atoms with Gasteiger partial charge in [-0.1, -0.05) is 0 Å². The monoisotopic (exact) mass is 326 g/mol. The highest BCUT2D eigenvalue weighted by atomic mass is 79.9. The van der Waals surface area contributed by atoms with Crippen molar-refractivity contribution in [1.82, 2.24) is 19.6 Å². The molecule has 6 heteroatoms. The van der Waals surface area contributed by atoms with Crippen LogP contribution in [0.1, 0.15) is 29.0 Å². The number of rotatable bonds is 1. The van der Waals surface area contributed by atoms with Crippen molar-refractivity contribution in [2.45, 2.75) is 25.8 Å². The van der Waals surface area contributed by atoms with Gasteiger partial charge in [-0.05, 0) is 42.2 Å². The van der Waals surface area contributed by atoms with Gasteiger partial charge in [-0.15, -0.1) is 0 Å². The van der Waals surface area contributed by atoms with E-state index in [9.17, 15) is 4.79 Å². The highest BCUT2D eigenvalue weighted by Crippen LogP contribution is 2.25. The predicted molar refractivity (Wildman–Crippen MR) is 76.1 cm³/mol. The van der Waals surface area contributed by atoms with Gasteiger partial charge in [-0.3, -0.25) is 14.4 Å². The van der Waals surface area contributed by atoms with Crippen LogP contribution in [0.25, 0.3) is 0 Å². The van der Waals surface area contributed by atoms with Crippen molar-refractivity contribution >= 4 is 21.8 Å². The van der Waals surface area contributed by atoms with E-state index in [0.717, 1.165) is 29.8 Å². The Balaban J connectivity index is 1.78. The van der Waals surface area contributed by atoms with Crippen molar-refractivity contribution in [3.8, 4) is 0 Å². The lowest BCUT2D eigenvalue weighted by Crippen LogP contribution is -2.52. The summed E-state index contributed by atoms with van der Waals surface area (Å²) < 4.78 is 2.58. The number of piperazine rings is 1. The van der Waals surface area contributed by atoms with E-state index in [1.165, 1.54) is 19.4 Å². The highest BCUT2D eigenvalue weighted by molar-refractivity contribution is 9.10. The van der Waals surface area contributed by atoms with E-state index in [4.69, 9.17) is 0 Å². The summed E-state index contributed by atoms with van der Waals surface area (Å²) >= 11 is 3.48. The molecular weight excluding hydrogens is 308 g/mol. The lowest BCUT2D eigenvalue weighted by Gasteiger charge is -2.37. The molecule has 1 amide bonds. The summed E-state index contributed by atoms with van der Waals surface area (Å²) in [6.45, 7) is 5.82. The first kappa shape index (κ1) is 13.1. The van der Waals surface area contributed by atoms with E-state index in [1.807, 2.05) is 18.9 Å². The molecule has 2 saturated heterocycles. The third-order valence-corrected chi connectivity index (χ3v) is 5.29. The number of amides is 1. The second-order valence-corrected chi connectivity index (χ2v) is 6.25. The normalized spacial score (nSPS) is 23.7. The van der Waals surface area contributed by atoms with Crippen LogP contribution in [0, 0.1) is 6.92 Å². The van der Waals surface area contributed by atoms with E-state index in [2.05, 4.69) is 25.9 Å². The van der Waals surface area contributed by atoms with Crippen LogP contribution in [-0.4, -0.2) is 57.7 Å². The summed E-state index contributed by atoms with van der Waals surface area (Å²) in [4.78, 5) is 17.0. The topological polar surface area (TPSA) is 41.4 Å². The van der Waals surface area contributed by atoms with Gasteiger partial charge in [-0.25, -0.2) is 0 Å². The Morgan fingerprint density at radius 1 is 1.37 bits per heavy atom. The molecule has 0 unspecified atom stereocenters.